The molecule has 1 heterocycles. The second-order valence-electron chi connectivity index (χ2n) is 4.62. The lowest BCUT2D eigenvalue weighted by atomic mass is 10.2. The van der Waals surface area contributed by atoms with Crippen LogP contribution in [-0.4, -0.2) is 18.0 Å². The maximum atomic E-state index is 11.9. The van der Waals surface area contributed by atoms with Crippen LogP contribution in [0.25, 0.3) is 0 Å². The second-order valence-corrected chi connectivity index (χ2v) is 5.40. The van der Waals surface area contributed by atoms with Crippen molar-refractivity contribution in [2.24, 2.45) is 0 Å². The van der Waals surface area contributed by atoms with E-state index in [1.54, 1.807) is 30.4 Å². The van der Waals surface area contributed by atoms with Gasteiger partial charge in [-0.15, -0.1) is 0 Å². The van der Waals surface area contributed by atoms with Crippen LogP contribution in [0.3, 0.4) is 0 Å². The van der Waals surface area contributed by atoms with Crippen LogP contribution in [0.1, 0.15) is 18.9 Å². The number of thiophene rings is 1. The van der Waals surface area contributed by atoms with E-state index >= 15 is 0 Å². The van der Waals surface area contributed by atoms with Crippen LogP contribution in [0.5, 0.6) is 0 Å². The first-order valence-electron chi connectivity index (χ1n) is 6.71. The van der Waals surface area contributed by atoms with Crippen molar-refractivity contribution in [2.45, 2.75) is 25.9 Å². The van der Waals surface area contributed by atoms with Crippen LogP contribution in [0, 0.1) is 0 Å². The fourth-order valence-corrected chi connectivity index (χ4v) is 2.46. The lowest BCUT2D eigenvalue weighted by Gasteiger charge is -2.13. The Hall–Kier alpha value is -2.14. The van der Waals surface area contributed by atoms with Gasteiger partial charge in [0.1, 0.15) is 0 Å². The van der Waals surface area contributed by atoms with E-state index in [2.05, 4.69) is 5.32 Å². The molecule has 1 N–H and O–H groups in total. The molecule has 0 aliphatic rings. The quantitative estimate of drug-likeness (QED) is 0.833. The average Bonchev–Trinajstić information content (AvgIpc) is 2.99. The van der Waals surface area contributed by atoms with Crippen LogP contribution >= 0.6 is 11.3 Å². The number of carbonyl (C=O) groups excluding carboxylic acids is 2. The van der Waals surface area contributed by atoms with E-state index in [4.69, 9.17) is 4.74 Å². The molecule has 1 aromatic carbocycles. The maximum absolute atomic E-state index is 11.9. The third-order valence-corrected chi connectivity index (χ3v) is 3.65. The van der Waals surface area contributed by atoms with Gasteiger partial charge in [-0.05, 0) is 47.9 Å². The molecule has 0 aliphatic heterocycles. The summed E-state index contributed by atoms with van der Waals surface area (Å²) in [4.78, 5) is 23.6. The molecule has 21 heavy (non-hydrogen) atoms. The lowest BCUT2D eigenvalue weighted by Crippen LogP contribution is -2.30. The molecule has 1 aromatic heterocycles. The van der Waals surface area contributed by atoms with E-state index in [1.807, 2.05) is 35.0 Å². The minimum atomic E-state index is -0.805. The highest BCUT2D eigenvalue weighted by atomic mass is 32.1. The Morgan fingerprint density at radius 3 is 2.67 bits per heavy atom. The molecule has 0 saturated heterocycles. The normalized spacial score (nSPS) is 11.7. The third kappa shape index (κ3) is 5.04. The molecule has 110 valence electrons. The Bertz CT molecular complexity index is 581. The summed E-state index contributed by atoms with van der Waals surface area (Å²) in [5, 5.41) is 6.67. The van der Waals surface area contributed by atoms with Crippen LogP contribution in [0.2, 0.25) is 0 Å². The van der Waals surface area contributed by atoms with Gasteiger partial charge >= 0.3 is 5.97 Å². The van der Waals surface area contributed by atoms with E-state index in [-0.39, 0.29) is 18.3 Å². The zero-order valence-corrected chi connectivity index (χ0v) is 12.6. The molecule has 0 radical (unpaired) electrons. The number of esters is 1. The molecule has 0 saturated carbocycles. The van der Waals surface area contributed by atoms with E-state index in [9.17, 15) is 9.59 Å². The van der Waals surface area contributed by atoms with Crippen LogP contribution in [-0.2, 0) is 20.7 Å². The van der Waals surface area contributed by atoms with Crippen molar-refractivity contribution in [1.29, 1.82) is 0 Å². The number of hydrogen-bond donors (Lipinski definition) is 1. The Balaban J connectivity index is 1.76. The molecule has 2 rings (SSSR count). The number of benzene rings is 1. The summed E-state index contributed by atoms with van der Waals surface area (Å²) in [6.07, 6.45) is 0.106. The van der Waals surface area contributed by atoms with Gasteiger partial charge in [0.15, 0.2) is 6.10 Å². The molecular formula is C16H17NO3S. The number of carbonyl (C=O) groups is 2. The lowest BCUT2D eigenvalue weighted by molar-refractivity contribution is -0.153. The highest BCUT2D eigenvalue weighted by Gasteiger charge is 2.17. The highest BCUT2D eigenvalue weighted by molar-refractivity contribution is 7.07. The standard InChI is InChI=1S/C16H17NO3S/c1-12(16(19)17-14-5-3-2-4-6-14)20-15(18)8-7-13-9-10-21-11-13/h2-6,9-12H,7-8H2,1H3,(H,17,19)/t12-/m1/s1. The van der Waals surface area contributed by atoms with Crippen molar-refractivity contribution in [1.82, 2.24) is 0 Å². The summed E-state index contributed by atoms with van der Waals surface area (Å²) in [6, 6.07) is 11.1. The molecule has 1 atom stereocenters. The Labute approximate surface area is 127 Å². The predicted molar refractivity (Wildman–Crippen MR) is 83.3 cm³/mol. The molecular weight excluding hydrogens is 286 g/mol. The number of rotatable bonds is 6. The van der Waals surface area contributed by atoms with Gasteiger partial charge in [-0.1, -0.05) is 18.2 Å². The Morgan fingerprint density at radius 2 is 2.00 bits per heavy atom. The SMILES string of the molecule is C[C@@H](OC(=O)CCc1ccsc1)C(=O)Nc1ccccc1. The van der Waals surface area contributed by atoms with Crippen molar-refractivity contribution < 1.29 is 14.3 Å². The number of aryl methyl sites for hydroxylation is 1. The van der Waals surface area contributed by atoms with Crippen LogP contribution < -0.4 is 5.32 Å². The topological polar surface area (TPSA) is 55.4 Å². The van der Waals surface area contributed by atoms with E-state index in [0.717, 1.165) is 5.56 Å². The molecule has 0 aliphatic carbocycles. The summed E-state index contributed by atoms with van der Waals surface area (Å²) >= 11 is 1.60. The Morgan fingerprint density at radius 1 is 1.24 bits per heavy atom. The number of amides is 1. The van der Waals surface area contributed by atoms with Crippen LogP contribution in [0.4, 0.5) is 5.69 Å². The van der Waals surface area contributed by atoms with Gasteiger partial charge in [0.25, 0.3) is 5.91 Å². The first kappa shape index (κ1) is 15.3. The highest BCUT2D eigenvalue weighted by Crippen LogP contribution is 2.10. The number of hydrogen-bond acceptors (Lipinski definition) is 4. The van der Waals surface area contributed by atoms with Gasteiger partial charge < -0.3 is 10.1 Å². The predicted octanol–water partition coefficient (Wildman–Crippen LogP) is 3.25. The van der Waals surface area contributed by atoms with E-state index in [0.29, 0.717) is 12.1 Å². The summed E-state index contributed by atoms with van der Waals surface area (Å²) in [5.41, 5.74) is 1.79. The van der Waals surface area contributed by atoms with Gasteiger partial charge in [0.05, 0.1) is 0 Å². The summed E-state index contributed by atoms with van der Waals surface area (Å²) < 4.78 is 5.14. The monoisotopic (exact) mass is 303 g/mol. The molecule has 0 spiro atoms. The van der Waals surface area contributed by atoms with Crippen LogP contribution in [0.15, 0.2) is 47.2 Å². The smallest absolute Gasteiger partial charge is 0.306 e. The van der Waals surface area contributed by atoms with Crippen molar-refractivity contribution >= 4 is 28.9 Å². The molecule has 0 unspecified atom stereocenters. The van der Waals surface area contributed by atoms with Gasteiger partial charge in [-0.25, -0.2) is 0 Å². The fraction of sp³-hybridized carbons (Fsp3) is 0.250. The molecule has 4 nitrogen and oxygen atoms in total. The van der Waals surface area contributed by atoms with E-state index < -0.39 is 6.10 Å². The van der Waals surface area contributed by atoms with Gasteiger partial charge in [0, 0.05) is 12.1 Å². The minimum absolute atomic E-state index is 0.277. The number of para-hydroxylation sites is 1. The van der Waals surface area contributed by atoms with Crippen molar-refractivity contribution in [3.8, 4) is 0 Å². The largest absolute Gasteiger partial charge is 0.453 e. The van der Waals surface area contributed by atoms with Gasteiger partial charge in [-0.3, -0.25) is 9.59 Å². The zero-order valence-electron chi connectivity index (χ0n) is 11.7. The first-order chi connectivity index (χ1) is 10.1. The second kappa shape index (κ2) is 7.59. The number of anilines is 1. The average molecular weight is 303 g/mol. The summed E-state index contributed by atoms with van der Waals surface area (Å²) in [7, 11) is 0. The van der Waals surface area contributed by atoms with Gasteiger partial charge in [0.2, 0.25) is 0 Å². The number of ether oxygens (including phenoxy) is 1. The third-order valence-electron chi connectivity index (χ3n) is 2.92. The zero-order chi connectivity index (χ0) is 15.1. The summed E-state index contributed by atoms with van der Waals surface area (Å²) in [6.45, 7) is 1.57. The van der Waals surface area contributed by atoms with Crippen molar-refractivity contribution in [3.63, 3.8) is 0 Å². The molecule has 0 fully saturated rings. The molecule has 2 aromatic rings. The molecule has 5 heteroatoms. The Kier molecular flexibility index (Phi) is 5.51. The summed E-state index contributed by atoms with van der Waals surface area (Å²) in [5.74, 6) is -0.693. The molecule has 0 bridgehead atoms. The fourth-order valence-electron chi connectivity index (χ4n) is 1.76. The van der Waals surface area contributed by atoms with Crippen molar-refractivity contribution in [2.75, 3.05) is 5.32 Å². The van der Waals surface area contributed by atoms with Crippen molar-refractivity contribution in [3.05, 3.63) is 52.7 Å². The van der Waals surface area contributed by atoms with Gasteiger partial charge in [-0.2, -0.15) is 11.3 Å². The minimum Gasteiger partial charge on any atom is -0.453 e. The first-order valence-corrected chi connectivity index (χ1v) is 7.66. The number of nitrogens with one attached hydrogen (secondary N) is 1. The van der Waals surface area contributed by atoms with E-state index in [1.165, 1.54) is 0 Å². The molecule has 1 amide bonds. The maximum Gasteiger partial charge on any atom is 0.306 e.